The van der Waals surface area contributed by atoms with E-state index in [1.165, 1.54) is 0 Å². The molecule has 2 aliphatic rings. The molecule has 30 heavy (non-hydrogen) atoms. The van der Waals surface area contributed by atoms with Gasteiger partial charge in [-0.1, -0.05) is 17.9 Å². The van der Waals surface area contributed by atoms with Crippen LogP contribution >= 0.6 is 0 Å². The molecule has 1 aliphatic carbocycles. The molecule has 0 unspecified atom stereocenters. The molecule has 1 fully saturated rings. The van der Waals surface area contributed by atoms with E-state index in [9.17, 15) is 4.79 Å². The van der Waals surface area contributed by atoms with Crippen molar-refractivity contribution in [1.29, 1.82) is 0 Å². The van der Waals surface area contributed by atoms with Crippen LogP contribution in [0, 0.1) is 0 Å². The first-order valence-electron chi connectivity index (χ1n) is 10.1. The molecule has 0 N–H and O–H groups in total. The van der Waals surface area contributed by atoms with Gasteiger partial charge in [-0.3, -0.25) is 4.79 Å². The van der Waals surface area contributed by atoms with Gasteiger partial charge in [0.15, 0.2) is 0 Å². The van der Waals surface area contributed by atoms with Gasteiger partial charge >= 0.3 is 7.12 Å². The zero-order valence-corrected chi connectivity index (χ0v) is 17.5. The van der Waals surface area contributed by atoms with Crippen LogP contribution in [0.4, 0.5) is 0 Å². The maximum atomic E-state index is 11.0. The average molecular weight is 395 g/mol. The van der Waals surface area contributed by atoms with E-state index < -0.39 is 7.12 Å². The maximum absolute atomic E-state index is 11.0. The fraction of sp³-hybridized carbons (Fsp3) is 0.240. The van der Waals surface area contributed by atoms with Crippen molar-refractivity contribution in [3.63, 3.8) is 0 Å². The number of nitrogens with zero attached hydrogens (tertiary/aromatic N) is 1. The first-order chi connectivity index (χ1) is 14.3. The first-order valence-corrected chi connectivity index (χ1v) is 10.1. The lowest BCUT2D eigenvalue weighted by Crippen LogP contribution is -2.41. The van der Waals surface area contributed by atoms with Crippen LogP contribution in [0.3, 0.4) is 0 Å². The van der Waals surface area contributed by atoms with Gasteiger partial charge in [0, 0.05) is 21.9 Å². The highest BCUT2D eigenvalue weighted by molar-refractivity contribution is 6.62. The van der Waals surface area contributed by atoms with Gasteiger partial charge in [0.1, 0.15) is 11.6 Å². The molecule has 0 amide bonds. The SMILES string of the molecule is CC1(C)OB(c2ccc3c(c2)c2c(n3-c3ccc(C=O)cc3)=C=C=CC=2)OC1(C)C. The number of aldehydes is 1. The summed E-state index contributed by atoms with van der Waals surface area (Å²) in [6.07, 6.45) is 4.79. The van der Waals surface area contributed by atoms with Crippen molar-refractivity contribution in [2.24, 2.45) is 0 Å². The molecule has 1 aromatic heterocycles. The van der Waals surface area contributed by atoms with Crippen molar-refractivity contribution in [1.82, 2.24) is 4.57 Å². The molecule has 5 rings (SSSR count). The van der Waals surface area contributed by atoms with Gasteiger partial charge in [-0.2, -0.15) is 0 Å². The molecule has 3 aromatic rings. The number of carbonyl (C=O) groups excluding carboxylic acids is 1. The number of aromatic nitrogens is 1. The van der Waals surface area contributed by atoms with Gasteiger partial charge in [-0.25, -0.2) is 0 Å². The number of carbonyl (C=O) groups is 1. The summed E-state index contributed by atoms with van der Waals surface area (Å²) < 4.78 is 14.6. The smallest absolute Gasteiger partial charge is 0.399 e. The van der Waals surface area contributed by atoms with Crippen molar-refractivity contribution in [3.8, 4) is 5.69 Å². The number of rotatable bonds is 3. The molecule has 5 heteroatoms. The molecule has 2 heterocycles. The first kappa shape index (κ1) is 18.9. The van der Waals surface area contributed by atoms with Crippen LogP contribution in [-0.4, -0.2) is 29.2 Å². The summed E-state index contributed by atoms with van der Waals surface area (Å²) in [7, 11) is -0.413. The van der Waals surface area contributed by atoms with Crippen LogP contribution in [0.1, 0.15) is 38.1 Å². The van der Waals surface area contributed by atoms with Crippen LogP contribution in [0.15, 0.2) is 54.3 Å². The Bertz CT molecular complexity index is 1370. The Morgan fingerprint density at radius 2 is 1.70 bits per heavy atom. The second-order valence-corrected chi connectivity index (χ2v) is 8.77. The fourth-order valence-electron chi connectivity index (χ4n) is 3.96. The van der Waals surface area contributed by atoms with Crippen LogP contribution in [0.25, 0.3) is 28.4 Å². The molecule has 0 saturated carbocycles. The molecule has 0 bridgehead atoms. The lowest BCUT2D eigenvalue weighted by atomic mass is 9.78. The standard InChI is InChI=1S/C25H22BNO3/c1-24(2)25(3,4)30-26(29-24)18-11-14-23-21(15-18)20-7-5-6-8-22(20)27(23)19-12-9-17(16-28)10-13-19/h5,7,9-16H,1-4H3. The Morgan fingerprint density at radius 1 is 1.00 bits per heavy atom. The second kappa shape index (κ2) is 6.47. The summed E-state index contributed by atoms with van der Waals surface area (Å²) in [6, 6.07) is 13.8. The highest BCUT2D eigenvalue weighted by Crippen LogP contribution is 2.36. The number of hydrogen-bond donors (Lipinski definition) is 0. The minimum absolute atomic E-state index is 0.385. The van der Waals surface area contributed by atoms with Gasteiger partial charge < -0.3 is 13.9 Å². The Morgan fingerprint density at radius 3 is 2.37 bits per heavy atom. The predicted octanol–water partition coefficient (Wildman–Crippen LogP) is 2.63. The van der Waals surface area contributed by atoms with Crippen LogP contribution in [-0.2, 0) is 9.31 Å². The van der Waals surface area contributed by atoms with E-state index >= 15 is 0 Å². The number of hydrogen-bond acceptors (Lipinski definition) is 3. The van der Waals surface area contributed by atoms with Crippen molar-refractivity contribution in [2.75, 3.05) is 0 Å². The highest BCUT2D eigenvalue weighted by Gasteiger charge is 2.51. The summed E-state index contributed by atoms with van der Waals surface area (Å²) in [5.41, 5.74) is 9.22. The van der Waals surface area contributed by atoms with E-state index in [0.29, 0.717) is 5.56 Å². The zero-order valence-electron chi connectivity index (χ0n) is 17.5. The largest absolute Gasteiger partial charge is 0.494 e. The quantitative estimate of drug-likeness (QED) is 0.389. The molecule has 0 radical (unpaired) electrons. The van der Waals surface area contributed by atoms with Gasteiger partial charge in [0.25, 0.3) is 0 Å². The average Bonchev–Trinajstić information content (AvgIpc) is 3.17. The summed E-state index contributed by atoms with van der Waals surface area (Å²) in [4.78, 5) is 11.0. The molecule has 0 atom stereocenters. The normalized spacial score (nSPS) is 18.2. The number of fused-ring (bicyclic) bond motifs is 3. The molecule has 4 nitrogen and oxygen atoms in total. The van der Waals surface area contributed by atoms with Crippen molar-refractivity contribution >= 4 is 41.6 Å². The number of allylic oxidation sites excluding steroid dienone is 1. The summed E-state index contributed by atoms with van der Waals surface area (Å²) in [5.74, 6) is 0. The summed E-state index contributed by atoms with van der Waals surface area (Å²) >= 11 is 0. The Labute approximate surface area is 175 Å². The van der Waals surface area contributed by atoms with E-state index in [0.717, 1.165) is 38.9 Å². The molecular weight excluding hydrogens is 373 g/mol. The third-order valence-corrected chi connectivity index (χ3v) is 6.37. The molecule has 148 valence electrons. The molecule has 1 aliphatic heterocycles. The number of benzene rings is 2. The molecule has 1 saturated heterocycles. The van der Waals surface area contributed by atoms with E-state index in [1.54, 1.807) is 0 Å². The van der Waals surface area contributed by atoms with E-state index in [2.05, 4.69) is 68.0 Å². The Hall–Kier alpha value is -3.07. The van der Waals surface area contributed by atoms with Crippen LogP contribution < -0.4 is 16.0 Å². The summed E-state index contributed by atoms with van der Waals surface area (Å²) in [6.45, 7) is 8.24. The lowest BCUT2D eigenvalue weighted by molar-refractivity contribution is 0.00578. The van der Waals surface area contributed by atoms with Gasteiger partial charge in [0.2, 0.25) is 0 Å². The molecular formula is C25H22BNO3. The van der Waals surface area contributed by atoms with E-state index in [1.807, 2.05) is 30.3 Å². The molecule has 0 spiro atoms. The Balaban J connectivity index is 1.70. The van der Waals surface area contributed by atoms with E-state index in [-0.39, 0.29) is 11.2 Å². The third-order valence-electron chi connectivity index (χ3n) is 6.37. The molecule has 2 aromatic carbocycles. The van der Waals surface area contributed by atoms with Crippen molar-refractivity contribution in [2.45, 2.75) is 38.9 Å². The van der Waals surface area contributed by atoms with Crippen LogP contribution in [0.5, 0.6) is 0 Å². The Kier molecular flexibility index (Phi) is 4.08. The van der Waals surface area contributed by atoms with Crippen LogP contribution in [0.2, 0.25) is 0 Å². The minimum atomic E-state index is -0.413. The van der Waals surface area contributed by atoms with E-state index in [4.69, 9.17) is 9.31 Å². The summed E-state index contributed by atoms with van der Waals surface area (Å²) in [5, 5.41) is 3.13. The fourth-order valence-corrected chi connectivity index (χ4v) is 3.96. The van der Waals surface area contributed by atoms with Crippen molar-refractivity contribution in [3.05, 3.63) is 70.4 Å². The maximum Gasteiger partial charge on any atom is 0.494 e. The minimum Gasteiger partial charge on any atom is -0.399 e. The van der Waals surface area contributed by atoms with Gasteiger partial charge in [-0.15, -0.1) is 0 Å². The lowest BCUT2D eigenvalue weighted by Gasteiger charge is -2.32. The monoisotopic (exact) mass is 395 g/mol. The zero-order chi connectivity index (χ0) is 21.1. The topological polar surface area (TPSA) is 40.5 Å². The third kappa shape index (κ3) is 2.76. The predicted molar refractivity (Wildman–Crippen MR) is 120 cm³/mol. The van der Waals surface area contributed by atoms with Gasteiger partial charge in [-0.05, 0) is 81.4 Å². The van der Waals surface area contributed by atoms with Crippen molar-refractivity contribution < 1.29 is 14.1 Å². The van der Waals surface area contributed by atoms with Gasteiger partial charge in [0.05, 0.1) is 16.7 Å². The second-order valence-electron chi connectivity index (χ2n) is 8.77. The highest BCUT2D eigenvalue weighted by atomic mass is 16.7.